The highest BCUT2D eigenvalue weighted by Crippen LogP contribution is 2.37. The van der Waals surface area contributed by atoms with Crippen LogP contribution in [-0.4, -0.2) is 8.32 Å². The number of nitrogens with one attached hydrogen (secondary N) is 1. The van der Waals surface area contributed by atoms with Crippen molar-refractivity contribution in [3.63, 3.8) is 0 Å². The highest BCUT2D eigenvalue weighted by Gasteiger charge is 2.38. The summed E-state index contributed by atoms with van der Waals surface area (Å²) in [5.74, 6) is 0.959. The largest absolute Gasteiger partial charge is 0.544 e. The van der Waals surface area contributed by atoms with Crippen molar-refractivity contribution in [3.8, 4) is 5.75 Å². The molecule has 0 spiro atoms. The summed E-state index contributed by atoms with van der Waals surface area (Å²) in [5.41, 5.74) is 3.44. The average molecular weight is 314 g/mol. The molecule has 3 heteroatoms. The summed E-state index contributed by atoms with van der Waals surface area (Å²) in [4.78, 5) is 0. The molecule has 0 aliphatic rings. The third-order valence-corrected chi connectivity index (χ3v) is 8.73. The first-order chi connectivity index (χ1) is 10.2. The molecule has 2 aromatic rings. The van der Waals surface area contributed by atoms with Crippen molar-refractivity contribution >= 4 is 19.7 Å². The fourth-order valence-electron chi connectivity index (χ4n) is 1.86. The molecule has 22 heavy (non-hydrogen) atoms. The minimum absolute atomic E-state index is 0.214. The summed E-state index contributed by atoms with van der Waals surface area (Å²) in [6.07, 6.45) is 0. The fourth-order valence-corrected chi connectivity index (χ4v) is 2.89. The van der Waals surface area contributed by atoms with Gasteiger partial charge in [-0.05, 0) is 61.5 Å². The van der Waals surface area contributed by atoms with E-state index in [4.69, 9.17) is 4.43 Å². The van der Waals surface area contributed by atoms with Crippen LogP contribution in [0.5, 0.6) is 5.75 Å². The molecule has 0 aliphatic carbocycles. The molecule has 0 fully saturated rings. The Hall–Kier alpha value is -1.74. The number of hydrogen-bond acceptors (Lipinski definition) is 2. The van der Waals surface area contributed by atoms with Gasteiger partial charge in [0, 0.05) is 11.4 Å². The molecule has 0 radical (unpaired) electrons. The zero-order valence-electron chi connectivity index (χ0n) is 14.5. The van der Waals surface area contributed by atoms with Gasteiger partial charge in [0.15, 0.2) is 0 Å². The van der Waals surface area contributed by atoms with Gasteiger partial charge in [-0.2, -0.15) is 0 Å². The van der Waals surface area contributed by atoms with Crippen molar-refractivity contribution in [1.82, 2.24) is 0 Å². The van der Waals surface area contributed by atoms with Crippen LogP contribution >= 0.6 is 0 Å². The molecule has 0 atom stereocenters. The quantitative estimate of drug-likeness (QED) is 0.686. The second kappa shape index (κ2) is 6.17. The zero-order valence-corrected chi connectivity index (χ0v) is 15.5. The Morgan fingerprint density at radius 3 is 1.73 bits per heavy atom. The molecule has 1 N–H and O–H groups in total. The van der Waals surface area contributed by atoms with Gasteiger partial charge < -0.3 is 9.74 Å². The highest BCUT2D eigenvalue weighted by atomic mass is 28.4. The maximum atomic E-state index is 6.30. The molecule has 0 aliphatic heterocycles. The Bertz CT molecular complexity index is 609. The van der Waals surface area contributed by atoms with Gasteiger partial charge in [0.05, 0.1) is 0 Å². The van der Waals surface area contributed by atoms with E-state index in [-0.39, 0.29) is 5.04 Å². The first-order valence-corrected chi connectivity index (χ1v) is 10.7. The summed E-state index contributed by atoms with van der Waals surface area (Å²) in [5, 5.41) is 3.62. The van der Waals surface area contributed by atoms with Crippen LogP contribution in [0.15, 0.2) is 48.5 Å². The summed E-state index contributed by atoms with van der Waals surface area (Å²) in [6.45, 7) is 13.4. The number of anilines is 2. The standard InChI is InChI=1S/C19H27NOSi/c1-15-7-9-16(10-8-15)20-17-11-13-18(14-12-17)21-22(5,6)19(2,3)4/h7-14,20H,1-6H3. The van der Waals surface area contributed by atoms with Gasteiger partial charge in [0.25, 0.3) is 0 Å². The summed E-state index contributed by atoms with van der Waals surface area (Å²) < 4.78 is 6.30. The first-order valence-electron chi connectivity index (χ1n) is 7.80. The molecule has 0 aromatic heterocycles. The smallest absolute Gasteiger partial charge is 0.250 e. The Morgan fingerprint density at radius 1 is 0.818 bits per heavy atom. The summed E-state index contributed by atoms with van der Waals surface area (Å²) in [7, 11) is -1.76. The minimum Gasteiger partial charge on any atom is -0.544 e. The van der Waals surface area contributed by atoms with Crippen LogP contribution < -0.4 is 9.74 Å². The predicted octanol–water partition coefficient (Wildman–Crippen LogP) is 6.12. The van der Waals surface area contributed by atoms with Crippen LogP contribution in [0.3, 0.4) is 0 Å². The summed E-state index contributed by atoms with van der Waals surface area (Å²) in [6, 6.07) is 16.7. The van der Waals surface area contributed by atoms with E-state index in [9.17, 15) is 0 Å². The Labute approximate surface area is 135 Å². The number of rotatable bonds is 4. The fraction of sp³-hybridized carbons (Fsp3) is 0.368. The molecule has 0 saturated heterocycles. The van der Waals surface area contributed by atoms with Crippen LogP contribution in [0.2, 0.25) is 18.1 Å². The second-order valence-corrected chi connectivity index (χ2v) is 12.1. The third-order valence-electron chi connectivity index (χ3n) is 4.37. The van der Waals surface area contributed by atoms with Crippen LogP contribution in [0.25, 0.3) is 0 Å². The maximum absolute atomic E-state index is 6.30. The molecule has 2 rings (SSSR count). The number of aryl methyl sites for hydroxylation is 1. The lowest BCUT2D eigenvalue weighted by atomic mass is 10.2. The predicted molar refractivity (Wildman–Crippen MR) is 98.7 cm³/mol. The van der Waals surface area contributed by atoms with Gasteiger partial charge in [-0.3, -0.25) is 0 Å². The van der Waals surface area contributed by atoms with Crippen molar-refractivity contribution in [1.29, 1.82) is 0 Å². The molecule has 0 saturated carbocycles. The van der Waals surface area contributed by atoms with Gasteiger partial charge in [0.2, 0.25) is 8.32 Å². The molecule has 2 aromatic carbocycles. The minimum atomic E-state index is -1.76. The van der Waals surface area contributed by atoms with Crippen molar-refractivity contribution in [3.05, 3.63) is 54.1 Å². The van der Waals surface area contributed by atoms with E-state index in [1.807, 2.05) is 0 Å². The van der Waals surface area contributed by atoms with Gasteiger partial charge >= 0.3 is 0 Å². The van der Waals surface area contributed by atoms with Crippen molar-refractivity contribution in [2.24, 2.45) is 0 Å². The molecule has 118 valence electrons. The van der Waals surface area contributed by atoms with Crippen molar-refractivity contribution in [2.45, 2.75) is 45.8 Å². The van der Waals surface area contributed by atoms with E-state index in [2.05, 4.69) is 94.6 Å². The molecule has 2 nitrogen and oxygen atoms in total. The Kier molecular flexibility index (Phi) is 4.66. The van der Waals surface area contributed by atoms with E-state index in [0.29, 0.717) is 0 Å². The van der Waals surface area contributed by atoms with Crippen LogP contribution in [0.4, 0.5) is 11.4 Å². The lowest BCUT2D eigenvalue weighted by Gasteiger charge is -2.36. The normalized spacial score (nSPS) is 12.1. The topological polar surface area (TPSA) is 21.3 Å². The van der Waals surface area contributed by atoms with Gasteiger partial charge in [-0.1, -0.05) is 38.5 Å². The van der Waals surface area contributed by atoms with E-state index < -0.39 is 8.32 Å². The van der Waals surface area contributed by atoms with Crippen LogP contribution in [0.1, 0.15) is 26.3 Å². The van der Waals surface area contributed by atoms with Crippen molar-refractivity contribution in [2.75, 3.05) is 5.32 Å². The Balaban J connectivity index is 2.06. The molecule has 0 heterocycles. The molecule has 0 unspecified atom stereocenters. The molecular formula is C19H27NOSi. The number of hydrogen-bond donors (Lipinski definition) is 1. The third kappa shape index (κ3) is 4.14. The van der Waals surface area contributed by atoms with Crippen molar-refractivity contribution < 1.29 is 4.43 Å². The lowest BCUT2D eigenvalue weighted by Crippen LogP contribution is -2.43. The van der Waals surface area contributed by atoms with E-state index in [0.717, 1.165) is 17.1 Å². The Morgan fingerprint density at radius 2 is 1.27 bits per heavy atom. The van der Waals surface area contributed by atoms with Gasteiger partial charge in [-0.15, -0.1) is 0 Å². The summed E-state index contributed by atoms with van der Waals surface area (Å²) >= 11 is 0. The lowest BCUT2D eigenvalue weighted by molar-refractivity contribution is 0.492. The van der Waals surface area contributed by atoms with E-state index in [1.165, 1.54) is 5.56 Å². The van der Waals surface area contributed by atoms with Gasteiger partial charge in [-0.25, -0.2) is 0 Å². The highest BCUT2D eigenvalue weighted by molar-refractivity contribution is 6.74. The van der Waals surface area contributed by atoms with Crippen LogP contribution in [-0.2, 0) is 0 Å². The number of benzene rings is 2. The van der Waals surface area contributed by atoms with Gasteiger partial charge in [0.1, 0.15) is 5.75 Å². The van der Waals surface area contributed by atoms with E-state index >= 15 is 0 Å². The van der Waals surface area contributed by atoms with E-state index in [1.54, 1.807) is 0 Å². The maximum Gasteiger partial charge on any atom is 0.250 e. The molecule has 0 bridgehead atoms. The first kappa shape index (κ1) is 16.6. The zero-order chi connectivity index (χ0) is 16.4. The SMILES string of the molecule is Cc1ccc(Nc2ccc(O[Si](C)(C)C(C)(C)C)cc2)cc1. The molecule has 0 amide bonds. The van der Waals surface area contributed by atoms with Crippen LogP contribution in [0, 0.1) is 6.92 Å². The monoisotopic (exact) mass is 313 g/mol. The average Bonchev–Trinajstić information content (AvgIpc) is 2.42. The molecular weight excluding hydrogens is 286 g/mol. The second-order valence-electron chi connectivity index (χ2n) is 7.38.